The molecule has 3 aromatic carbocycles. The second kappa shape index (κ2) is 8.19. The van der Waals surface area contributed by atoms with Crippen LogP contribution in [0.3, 0.4) is 0 Å². The van der Waals surface area contributed by atoms with Gasteiger partial charge in [-0.15, -0.1) is 0 Å². The lowest BCUT2D eigenvalue weighted by molar-refractivity contribution is -0.676. The number of methoxy groups -OCH3 is 2. The van der Waals surface area contributed by atoms with Crippen LogP contribution in [0.15, 0.2) is 85.1 Å². The Balaban J connectivity index is 1.73. The van der Waals surface area contributed by atoms with Crippen LogP contribution < -0.4 is 9.30 Å². The Bertz CT molecular complexity index is 1420. The van der Waals surface area contributed by atoms with E-state index in [9.17, 15) is 4.79 Å². The third-order valence-corrected chi connectivity index (χ3v) is 5.77. The molecule has 0 aliphatic rings. The number of carbonyl (C=O) groups is 1. The van der Waals surface area contributed by atoms with Crippen LogP contribution in [-0.4, -0.2) is 25.2 Å². The van der Waals surface area contributed by atoms with Gasteiger partial charge in [0, 0.05) is 33.5 Å². The summed E-state index contributed by atoms with van der Waals surface area (Å²) in [7, 11) is 3.07. The van der Waals surface area contributed by atoms with Gasteiger partial charge in [-0.25, -0.2) is 4.79 Å². The standard InChI is InChI=1S/C27H22N2O3/c1-31-21-12-13-24-23(16-21)22-14-15-29(17-18-6-4-3-5-7-18)26(25(22)28-24)19-8-10-20(11-9-19)27(30)32-2/h3-16H,17H2,1-2H3/p+1. The van der Waals surface area contributed by atoms with Gasteiger partial charge in [-0.1, -0.05) is 30.3 Å². The van der Waals surface area contributed by atoms with Crippen LogP contribution >= 0.6 is 0 Å². The van der Waals surface area contributed by atoms with Gasteiger partial charge in [0.15, 0.2) is 12.7 Å². The Morgan fingerprint density at radius 2 is 1.69 bits per heavy atom. The molecule has 5 nitrogen and oxygen atoms in total. The van der Waals surface area contributed by atoms with Gasteiger partial charge in [0.1, 0.15) is 11.3 Å². The molecule has 158 valence electrons. The van der Waals surface area contributed by atoms with Gasteiger partial charge in [-0.2, -0.15) is 4.57 Å². The molecular formula is C27H23N2O3+. The number of nitrogens with one attached hydrogen (secondary N) is 1. The van der Waals surface area contributed by atoms with Gasteiger partial charge < -0.3 is 14.5 Å². The number of pyridine rings is 1. The summed E-state index contributed by atoms with van der Waals surface area (Å²) in [4.78, 5) is 15.5. The van der Waals surface area contributed by atoms with E-state index in [0.717, 1.165) is 45.4 Å². The SMILES string of the molecule is COC(=O)c1ccc(-c2c3[nH]c4ccc(OC)cc4c3cc[n+]2Cc2ccccc2)cc1. The Morgan fingerprint density at radius 3 is 2.41 bits per heavy atom. The van der Waals surface area contributed by atoms with Crippen molar-refractivity contribution in [1.29, 1.82) is 0 Å². The average molecular weight is 423 g/mol. The number of fused-ring (bicyclic) bond motifs is 3. The van der Waals surface area contributed by atoms with Gasteiger partial charge in [0.2, 0.25) is 5.69 Å². The van der Waals surface area contributed by atoms with Crippen LogP contribution in [0.4, 0.5) is 0 Å². The Labute approximate surface area is 185 Å². The van der Waals surface area contributed by atoms with Crippen molar-refractivity contribution in [3.63, 3.8) is 0 Å². The second-order valence-electron chi connectivity index (χ2n) is 7.67. The summed E-state index contributed by atoms with van der Waals surface area (Å²) in [6.45, 7) is 0.726. The molecule has 32 heavy (non-hydrogen) atoms. The minimum Gasteiger partial charge on any atom is -0.497 e. The zero-order valence-corrected chi connectivity index (χ0v) is 18.0. The first-order valence-corrected chi connectivity index (χ1v) is 10.4. The van der Waals surface area contributed by atoms with Gasteiger partial charge >= 0.3 is 5.97 Å². The van der Waals surface area contributed by atoms with E-state index in [2.05, 4.69) is 52.1 Å². The quantitative estimate of drug-likeness (QED) is 0.315. The number of rotatable bonds is 5. The number of hydrogen-bond donors (Lipinski definition) is 1. The molecule has 0 aliphatic carbocycles. The molecule has 2 heterocycles. The first-order valence-electron chi connectivity index (χ1n) is 10.4. The smallest absolute Gasteiger partial charge is 0.337 e. The first-order chi connectivity index (χ1) is 15.7. The molecule has 5 aromatic rings. The van der Waals surface area contributed by atoms with E-state index in [1.54, 1.807) is 19.2 Å². The van der Waals surface area contributed by atoms with Crippen LogP contribution in [0.5, 0.6) is 5.75 Å². The number of esters is 1. The number of nitrogens with zero attached hydrogens (tertiary/aromatic N) is 1. The van der Waals surface area contributed by atoms with E-state index < -0.39 is 0 Å². The fourth-order valence-corrected chi connectivity index (χ4v) is 4.17. The summed E-state index contributed by atoms with van der Waals surface area (Å²) < 4.78 is 12.5. The van der Waals surface area contributed by atoms with Crippen molar-refractivity contribution in [1.82, 2.24) is 4.98 Å². The summed E-state index contributed by atoms with van der Waals surface area (Å²) in [5, 5.41) is 2.23. The highest BCUT2D eigenvalue weighted by molar-refractivity contribution is 6.10. The van der Waals surface area contributed by atoms with Crippen molar-refractivity contribution in [2.45, 2.75) is 6.54 Å². The molecule has 0 aliphatic heterocycles. The van der Waals surface area contributed by atoms with Crippen LogP contribution in [0, 0.1) is 0 Å². The van der Waals surface area contributed by atoms with Crippen molar-refractivity contribution >= 4 is 27.8 Å². The third-order valence-electron chi connectivity index (χ3n) is 5.77. The first kappa shape index (κ1) is 19.8. The number of ether oxygens (including phenoxy) is 2. The van der Waals surface area contributed by atoms with Crippen LogP contribution in [0.25, 0.3) is 33.1 Å². The molecule has 2 aromatic heterocycles. The van der Waals surface area contributed by atoms with E-state index in [4.69, 9.17) is 9.47 Å². The topological polar surface area (TPSA) is 55.2 Å². The molecule has 1 N–H and O–H groups in total. The summed E-state index contributed by atoms with van der Waals surface area (Å²) in [5.74, 6) is 0.480. The highest BCUT2D eigenvalue weighted by Crippen LogP contribution is 2.33. The minimum absolute atomic E-state index is 0.343. The van der Waals surface area contributed by atoms with Gasteiger partial charge in [-0.05, 0) is 42.5 Å². The fourth-order valence-electron chi connectivity index (χ4n) is 4.17. The van der Waals surface area contributed by atoms with Crippen molar-refractivity contribution < 1.29 is 18.8 Å². The summed E-state index contributed by atoms with van der Waals surface area (Å²) in [6.07, 6.45) is 2.12. The maximum atomic E-state index is 11.9. The van der Waals surface area contributed by atoms with Gasteiger partial charge in [0.05, 0.1) is 19.8 Å². The van der Waals surface area contributed by atoms with E-state index in [0.29, 0.717) is 5.56 Å². The molecular weight excluding hydrogens is 400 g/mol. The predicted octanol–water partition coefficient (Wildman–Crippen LogP) is 5.12. The Kier molecular flexibility index (Phi) is 5.07. The number of benzene rings is 3. The number of carbonyl (C=O) groups excluding carboxylic acids is 1. The van der Waals surface area contributed by atoms with E-state index in [-0.39, 0.29) is 5.97 Å². The normalized spacial score (nSPS) is 11.1. The van der Waals surface area contributed by atoms with Crippen molar-refractivity contribution in [3.05, 3.63) is 96.2 Å². The summed E-state index contributed by atoms with van der Waals surface area (Å²) in [6, 6.07) is 26.1. The van der Waals surface area contributed by atoms with Crippen molar-refractivity contribution in [3.8, 4) is 17.0 Å². The Hall–Kier alpha value is -4.12. The number of aromatic nitrogens is 2. The average Bonchev–Trinajstić information content (AvgIpc) is 3.22. The summed E-state index contributed by atoms with van der Waals surface area (Å²) in [5.41, 5.74) is 5.89. The number of H-pyrrole nitrogens is 1. The maximum Gasteiger partial charge on any atom is 0.337 e. The monoisotopic (exact) mass is 423 g/mol. The predicted molar refractivity (Wildman–Crippen MR) is 125 cm³/mol. The van der Waals surface area contributed by atoms with E-state index in [1.165, 1.54) is 12.7 Å². The highest BCUT2D eigenvalue weighted by Gasteiger charge is 2.22. The van der Waals surface area contributed by atoms with E-state index >= 15 is 0 Å². The zero-order chi connectivity index (χ0) is 22.1. The summed E-state index contributed by atoms with van der Waals surface area (Å²) >= 11 is 0. The third kappa shape index (κ3) is 3.48. The number of aromatic amines is 1. The lowest BCUT2D eigenvalue weighted by Gasteiger charge is -2.07. The largest absolute Gasteiger partial charge is 0.497 e. The molecule has 0 bridgehead atoms. The number of hydrogen-bond acceptors (Lipinski definition) is 3. The van der Waals surface area contributed by atoms with Crippen molar-refractivity contribution in [2.75, 3.05) is 14.2 Å². The fraction of sp³-hybridized carbons (Fsp3) is 0.111. The molecule has 5 rings (SSSR count). The zero-order valence-electron chi connectivity index (χ0n) is 18.0. The lowest BCUT2D eigenvalue weighted by Crippen LogP contribution is -2.36. The molecule has 0 saturated carbocycles. The molecule has 0 saturated heterocycles. The van der Waals surface area contributed by atoms with Gasteiger partial charge in [0.25, 0.3) is 0 Å². The molecule has 0 atom stereocenters. The van der Waals surface area contributed by atoms with Crippen molar-refractivity contribution in [2.24, 2.45) is 0 Å². The van der Waals surface area contributed by atoms with Gasteiger partial charge in [-0.3, -0.25) is 0 Å². The van der Waals surface area contributed by atoms with E-state index in [1.807, 2.05) is 30.3 Å². The lowest BCUT2D eigenvalue weighted by atomic mass is 10.0. The molecule has 0 spiro atoms. The molecule has 0 unspecified atom stereocenters. The molecule has 0 amide bonds. The molecule has 0 radical (unpaired) electrons. The molecule has 5 heteroatoms. The van der Waals surface area contributed by atoms with Crippen LogP contribution in [0.2, 0.25) is 0 Å². The highest BCUT2D eigenvalue weighted by atomic mass is 16.5. The Morgan fingerprint density at radius 1 is 0.906 bits per heavy atom. The maximum absolute atomic E-state index is 11.9. The molecule has 0 fully saturated rings. The second-order valence-corrected chi connectivity index (χ2v) is 7.67. The minimum atomic E-state index is -0.343. The van der Waals surface area contributed by atoms with Crippen LogP contribution in [-0.2, 0) is 11.3 Å². The van der Waals surface area contributed by atoms with Crippen LogP contribution in [0.1, 0.15) is 15.9 Å².